The van der Waals surface area contributed by atoms with Gasteiger partial charge in [-0.15, -0.1) is 11.8 Å². The van der Waals surface area contributed by atoms with E-state index in [1.54, 1.807) is 49.9 Å². The van der Waals surface area contributed by atoms with Crippen molar-refractivity contribution in [1.29, 1.82) is 0 Å². The summed E-state index contributed by atoms with van der Waals surface area (Å²) in [6.45, 7) is 3.31. The van der Waals surface area contributed by atoms with Gasteiger partial charge in [-0.1, -0.05) is 19.1 Å². The molecule has 186 valence electrons. The maximum absolute atomic E-state index is 12.7. The molecule has 1 aliphatic rings. The molecule has 35 heavy (non-hydrogen) atoms. The summed E-state index contributed by atoms with van der Waals surface area (Å²) in [4.78, 5) is 24.1. The number of carbonyl (C=O) groups is 1. The number of ether oxygens (including phenoxy) is 1. The first kappa shape index (κ1) is 26.5. The van der Waals surface area contributed by atoms with Crippen LogP contribution in [0.1, 0.15) is 20.3 Å². The number of nitrogens with zero attached hydrogens (tertiary/aromatic N) is 1. The zero-order chi connectivity index (χ0) is 25.6. The Morgan fingerprint density at radius 2 is 1.80 bits per heavy atom. The van der Waals surface area contributed by atoms with E-state index in [1.807, 2.05) is 18.2 Å². The van der Waals surface area contributed by atoms with Crippen LogP contribution < -0.4 is 14.8 Å². The first-order valence-corrected chi connectivity index (χ1v) is 13.2. The van der Waals surface area contributed by atoms with Crippen LogP contribution in [0.3, 0.4) is 0 Å². The number of amides is 1. The van der Waals surface area contributed by atoms with Crippen LogP contribution in [0.5, 0.6) is 5.75 Å². The molecule has 0 fully saturated rings. The van der Waals surface area contributed by atoms with E-state index in [-0.39, 0.29) is 21.7 Å². The third kappa shape index (κ3) is 7.17. The summed E-state index contributed by atoms with van der Waals surface area (Å²) in [5, 5.41) is 13.8. The Hall–Kier alpha value is -3.15. The number of thioether (sulfide) groups is 1. The number of hydrogen-bond acceptors (Lipinski definition) is 7. The lowest BCUT2D eigenvalue weighted by Crippen LogP contribution is -2.43. The third-order valence-electron chi connectivity index (χ3n) is 5.54. The molecule has 11 heteroatoms. The van der Waals surface area contributed by atoms with Crippen molar-refractivity contribution in [2.45, 2.75) is 41.4 Å². The lowest BCUT2D eigenvalue weighted by molar-refractivity contribution is -0.384. The predicted octanol–water partition coefficient (Wildman–Crippen LogP) is 4.03. The summed E-state index contributed by atoms with van der Waals surface area (Å²) in [6.07, 6.45) is 6.34. The summed E-state index contributed by atoms with van der Waals surface area (Å²) < 4.78 is 32.9. The number of nitro groups is 1. The van der Waals surface area contributed by atoms with Crippen molar-refractivity contribution in [2.24, 2.45) is 5.92 Å². The van der Waals surface area contributed by atoms with Gasteiger partial charge in [-0.3, -0.25) is 14.9 Å². The number of methoxy groups -OCH3 is 1. The minimum absolute atomic E-state index is 0.0491. The van der Waals surface area contributed by atoms with Gasteiger partial charge < -0.3 is 10.1 Å². The van der Waals surface area contributed by atoms with Gasteiger partial charge in [0.1, 0.15) is 5.75 Å². The Kier molecular flexibility index (Phi) is 8.71. The lowest BCUT2D eigenvalue weighted by atomic mass is 10.0. The number of hydrogen-bond donors (Lipinski definition) is 2. The van der Waals surface area contributed by atoms with Gasteiger partial charge in [0.15, 0.2) is 0 Å². The van der Waals surface area contributed by atoms with E-state index in [4.69, 9.17) is 4.74 Å². The zero-order valence-electron chi connectivity index (χ0n) is 19.5. The third-order valence-corrected chi connectivity index (χ3v) is 8.31. The van der Waals surface area contributed by atoms with Gasteiger partial charge in [-0.05, 0) is 55.8 Å². The Morgan fingerprint density at radius 1 is 1.14 bits per heavy atom. The van der Waals surface area contributed by atoms with Gasteiger partial charge in [0, 0.05) is 34.0 Å². The van der Waals surface area contributed by atoms with E-state index in [1.165, 1.54) is 31.4 Å². The van der Waals surface area contributed by atoms with E-state index in [0.29, 0.717) is 17.9 Å². The first-order valence-electron chi connectivity index (χ1n) is 10.9. The molecule has 2 N–H and O–H groups in total. The van der Waals surface area contributed by atoms with Gasteiger partial charge in [0.25, 0.3) is 5.69 Å². The van der Waals surface area contributed by atoms with Gasteiger partial charge in [-0.2, -0.15) is 0 Å². The van der Waals surface area contributed by atoms with Crippen LogP contribution in [0.25, 0.3) is 0 Å². The number of allylic oxidation sites excluding steroid dienone is 2. The molecule has 0 saturated heterocycles. The molecule has 0 aromatic heterocycles. The quantitative estimate of drug-likeness (QED) is 0.360. The largest absolute Gasteiger partial charge is 0.497 e. The molecule has 1 aliphatic carbocycles. The number of nitrogens with one attached hydrogen (secondary N) is 2. The van der Waals surface area contributed by atoms with Crippen molar-refractivity contribution < 1.29 is 22.9 Å². The molecule has 0 radical (unpaired) electrons. The Labute approximate surface area is 208 Å². The molecule has 3 unspecified atom stereocenters. The SMILES string of the molecule is COc1ccc(S(=O)(=O)NC(C)C(C)C(=O)NC2=CCC(Sc3ccc([N+](=O)[O-])cc3)C=C2)cc1. The van der Waals surface area contributed by atoms with E-state index in [2.05, 4.69) is 10.0 Å². The van der Waals surface area contributed by atoms with E-state index in [0.717, 1.165) is 4.90 Å². The summed E-state index contributed by atoms with van der Waals surface area (Å²) in [5.74, 6) is -0.372. The van der Waals surface area contributed by atoms with Crippen LogP contribution in [-0.2, 0) is 14.8 Å². The van der Waals surface area contributed by atoms with Crippen molar-refractivity contribution in [3.63, 3.8) is 0 Å². The average molecular weight is 518 g/mol. The molecule has 3 rings (SSSR count). The highest BCUT2D eigenvalue weighted by Crippen LogP contribution is 2.30. The zero-order valence-corrected chi connectivity index (χ0v) is 21.1. The number of benzene rings is 2. The molecule has 0 spiro atoms. The predicted molar refractivity (Wildman–Crippen MR) is 135 cm³/mol. The maximum atomic E-state index is 12.7. The smallest absolute Gasteiger partial charge is 0.269 e. The van der Waals surface area contributed by atoms with Crippen molar-refractivity contribution >= 4 is 33.4 Å². The van der Waals surface area contributed by atoms with Gasteiger partial charge in [0.05, 0.1) is 22.8 Å². The van der Waals surface area contributed by atoms with E-state index >= 15 is 0 Å². The molecule has 2 aromatic rings. The van der Waals surface area contributed by atoms with Crippen molar-refractivity contribution in [3.8, 4) is 5.75 Å². The number of rotatable bonds is 10. The van der Waals surface area contributed by atoms with Gasteiger partial charge >= 0.3 is 0 Å². The highest BCUT2D eigenvalue weighted by molar-refractivity contribution is 8.00. The van der Waals surface area contributed by atoms with Gasteiger partial charge in [0.2, 0.25) is 15.9 Å². The highest BCUT2D eigenvalue weighted by atomic mass is 32.2. The summed E-state index contributed by atoms with van der Waals surface area (Å²) in [5.41, 5.74) is 0.695. The molecule has 1 amide bonds. The molecule has 2 aromatic carbocycles. The number of carbonyl (C=O) groups excluding carboxylic acids is 1. The number of sulfonamides is 1. The molecular weight excluding hydrogens is 490 g/mol. The summed E-state index contributed by atoms with van der Waals surface area (Å²) in [7, 11) is -2.30. The van der Waals surface area contributed by atoms with Crippen LogP contribution in [0.4, 0.5) is 5.69 Å². The lowest BCUT2D eigenvalue weighted by Gasteiger charge is -2.22. The molecule has 0 aliphatic heterocycles. The number of nitro benzene ring substituents is 1. The van der Waals surface area contributed by atoms with Crippen LogP contribution in [0.15, 0.2) is 82.2 Å². The number of non-ortho nitro benzene ring substituents is 1. The topological polar surface area (TPSA) is 128 Å². The standard InChI is InChI=1S/C24H27N3O6S2/c1-16(17(2)26-35(31,32)23-14-8-20(33-3)9-15-23)24(28)25-18-4-10-21(11-5-18)34-22-12-6-19(7-13-22)27(29)30/h4-10,12-17,21,26H,11H2,1-3H3,(H,25,28). The highest BCUT2D eigenvalue weighted by Gasteiger charge is 2.26. The van der Waals surface area contributed by atoms with Crippen molar-refractivity contribution in [3.05, 3.63) is 82.6 Å². The van der Waals surface area contributed by atoms with Gasteiger partial charge in [-0.25, -0.2) is 13.1 Å². The minimum Gasteiger partial charge on any atom is -0.497 e. The fraction of sp³-hybridized carbons (Fsp3) is 0.292. The van der Waals surface area contributed by atoms with Crippen LogP contribution in [-0.4, -0.2) is 37.6 Å². The second-order valence-electron chi connectivity index (χ2n) is 8.03. The molecule has 9 nitrogen and oxygen atoms in total. The molecule has 0 heterocycles. The molecule has 0 saturated carbocycles. The monoisotopic (exact) mass is 517 g/mol. The van der Waals surface area contributed by atoms with Crippen LogP contribution in [0.2, 0.25) is 0 Å². The molecule has 0 bridgehead atoms. The second kappa shape index (κ2) is 11.5. The first-order chi connectivity index (χ1) is 16.6. The van der Waals surface area contributed by atoms with E-state index in [9.17, 15) is 23.3 Å². The Balaban J connectivity index is 1.52. The van der Waals surface area contributed by atoms with E-state index < -0.39 is 26.9 Å². The van der Waals surface area contributed by atoms with Crippen LogP contribution in [0, 0.1) is 16.0 Å². The molecule has 3 atom stereocenters. The van der Waals surface area contributed by atoms with Crippen molar-refractivity contribution in [1.82, 2.24) is 10.0 Å². The Bertz CT molecular complexity index is 1220. The average Bonchev–Trinajstić information content (AvgIpc) is 2.84. The van der Waals surface area contributed by atoms with Crippen molar-refractivity contribution in [2.75, 3.05) is 7.11 Å². The maximum Gasteiger partial charge on any atom is 0.269 e. The minimum atomic E-state index is -3.79. The normalized spacial score (nSPS) is 17.2. The fourth-order valence-electron chi connectivity index (χ4n) is 3.25. The Morgan fingerprint density at radius 3 is 2.34 bits per heavy atom. The van der Waals surface area contributed by atoms with Crippen LogP contribution >= 0.6 is 11.8 Å². The second-order valence-corrected chi connectivity index (χ2v) is 11.1. The molecular formula is C24H27N3O6S2. The fourth-order valence-corrected chi connectivity index (χ4v) is 5.57. The summed E-state index contributed by atoms with van der Waals surface area (Å²) in [6, 6.07) is 11.8. The summed E-state index contributed by atoms with van der Waals surface area (Å²) >= 11 is 1.57.